The predicted molar refractivity (Wildman–Crippen MR) is 121 cm³/mol. The lowest BCUT2D eigenvalue weighted by molar-refractivity contribution is -0.123. The molecular formula is C22H26FN3O5S2. The highest BCUT2D eigenvalue weighted by atomic mass is 32.2. The van der Waals surface area contributed by atoms with Gasteiger partial charge in [-0.3, -0.25) is 4.79 Å². The van der Waals surface area contributed by atoms with E-state index in [1.807, 2.05) is 0 Å². The predicted octanol–water partition coefficient (Wildman–Crippen LogP) is 2.07. The van der Waals surface area contributed by atoms with E-state index >= 15 is 0 Å². The molecule has 2 aromatic rings. The fourth-order valence-electron chi connectivity index (χ4n) is 4.30. The van der Waals surface area contributed by atoms with Crippen molar-refractivity contribution in [2.45, 2.75) is 29.1 Å². The number of benzene rings is 2. The summed E-state index contributed by atoms with van der Waals surface area (Å²) in [6.07, 6.45) is 1.34. The summed E-state index contributed by atoms with van der Waals surface area (Å²) in [5.41, 5.74) is 1.52. The molecule has 2 aliphatic rings. The topological polar surface area (TPSA) is 95.1 Å². The van der Waals surface area contributed by atoms with Crippen LogP contribution in [0.25, 0.3) is 0 Å². The third kappa shape index (κ3) is 4.42. The number of carbonyl (C=O) groups excluding carboxylic acids is 1. The van der Waals surface area contributed by atoms with Crippen LogP contribution < -0.4 is 4.90 Å². The van der Waals surface area contributed by atoms with Crippen molar-refractivity contribution in [3.05, 3.63) is 53.8 Å². The Bertz CT molecular complexity index is 1270. The van der Waals surface area contributed by atoms with Gasteiger partial charge < -0.3 is 4.90 Å². The summed E-state index contributed by atoms with van der Waals surface area (Å²) in [6, 6.07) is 9.52. The standard InChI is InChI=1S/C22H26FN3O5S2/c1-24(2)32(28,29)20-7-8-21-17(15-20)11-14-26(21)22(27)16-9-12-25(13-10-16)33(30,31)19-5-3-18(23)4-6-19/h3-8,15-16H,9-14H2,1-2H3. The number of halogens is 1. The van der Waals surface area contributed by atoms with Gasteiger partial charge in [0.1, 0.15) is 5.82 Å². The summed E-state index contributed by atoms with van der Waals surface area (Å²) >= 11 is 0. The zero-order valence-corrected chi connectivity index (χ0v) is 20.1. The second kappa shape index (κ2) is 8.79. The number of amides is 1. The Morgan fingerprint density at radius 1 is 0.939 bits per heavy atom. The Hall–Kier alpha value is -2.34. The van der Waals surface area contributed by atoms with E-state index < -0.39 is 25.9 Å². The third-order valence-electron chi connectivity index (χ3n) is 6.25. The van der Waals surface area contributed by atoms with Crippen molar-refractivity contribution in [1.82, 2.24) is 8.61 Å². The molecule has 2 aliphatic heterocycles. The molecule has 2 heterocycles. The Morgan fingerprint density at radius 3 is 2.15 bits per heavy atom. The molecule has 11 heteroatoms. The highest BCUT2D eigenvalue weighted by Crippen LogP contribution is 2.34. The Labute approximate surface area is 193 Å². The molecule has 0 N–H and O–H groups in total. The van der Waals surface area contributed by atoms with Crippen molar-refractivity contribution in [3.8, 4) is 0 Å². The zero-order chi connectivity index (χ0) is 24.0. The van der Waals surface area contributed by atoms with Crippen LogP contribution in [0.5, 0.6) is 0 Å². The minimum atomic E-state index is -3.74. The quantitative estimate of drug-likeness (QED) is 0.633. The van der Waals surface area contributed by atoms with Crippen LogP contribution in [0.1, 0.15) is 18.4 Å². The van der Waals surface area contributed by atoms with Crippen molar-refractivity contribution in [2.24, 2.45) is 5.92 Å². The van der Waals surface area contributed by atoms with E-state index in [2.05, 4.69) is 0 Å². The molecule has 0 atom stereocenters. The fraction of sp³-hybridized carbons (Fsp3) is 0.409. The van der Waals surface area contributed by atoms with Crippen molar-refractivity contribution in [2.75, 3.05) is 38.6 Å². The first-order chi connectivity index (χ1) is 15.5. The first kappa shape index (κ1) is 23.8. The summed E-state index contributed by atoms with van der Waals surface area (Å²) in [5, 5.41) is 0. The van der Waals surface area contributed by atoms with Crippen LogP contribution in [-0.2, 0) is 31.3 Å². The van der Waals surface area contributed by atoms with Gasteiger partial charge in [-0.15, -0.1) is 0 Å². The SMILES string of the molecule is CN(C)S(=O)(=O)c1ccc2c(c1)CCN2C(=O)C1CCN(S(=O)(=O)c2ccc(F)cc2)CC1. The summed E-state index contributed by atoms with van der Waals surface area (Å²) in [4.78, 5) is 15.1. The van der Waals surface area contributed by atoms with Crippen LogP contribution in [-0.4, -0.2) is 65.1 Å². The van der Waals surface area contributed by atoms with Crippen LogP contribution in [0.3, 0.4) is 0 Å². The van der Waals surface area contributed by atoms with Gasteiger partial charge in [0.05, 0.1) is 9.79 Å². The van der Waals surface area contributed by atoms with Gasteiger partial charge in [-0.25, -0.2) is 25.5 Å². The number of nitrogens with zero attached hydrogens (tertiary/aromatic N) is 3. The van der Waals surface area contributed by atoms with E-state index in [0.29, 0.717) is 31.5 Å². The Balaban J connectivity index is 1.45. The summed E-state index contributed by atoms with van der Waals surface area (Å²) in [7, 11) is -4.35. The van der Waals surface area contributed by atoms with Crippen LogP contribution in [0.2, 0.25) is 0 Å². The van der Waals surface area contributed by atoms with Crippen molar-refractivity contribution in [1.29, 1.82) is 0 Å². The maximum Gasteiger partial charge on any atom is 0.243 e. The molecule has 1 amide bonds. The lowest BCUT2D eigenvalue weighted by Crippen LogP contribution is -2.44. The van der Waals surface area contributed by atoms with Gasteiger partial charge in [0.2, 0.25) is 26.0 Å². The Kier molecular flexibility index (Phi) is 6.34. The number of carbonyl (C=O) groups is 1. The minimum Gasteiger partial charge on any atom is -0.312 e. The van der Waals surface area contributed by atoms with E-state index in [0.717, 1.165) is 22.0 Å². The first-order valence-electron chi connectivity index (χ1n) is 10.6. The number of anilines is 1. The van der Waals surface area contributed by atoms with Crippen molar-refractivity contribution in [3.63, 3.8) is 0 Å². The average Bonchev–Trinajstić information content (AvgIpc) is 3.22. The molecule has 0 radical (unpaired) electrons. The van der Waals surface area contributed by atoms with Gasteiger partial charge in [0.25, 0.3) is 0 Å². The number of hydrogen-bond donors (Lipinski definition) is 0. The molecule has 0 spiro atoms. The van der Waals surface area contributed by atoms with Gasteiger partial charge in [-0.1, -0.05) is 0 Å². The van der Waals surface area contributed by atoms with Gasteiger partial charge in [0, 0.05) is 45.3 Å². The molecule has 178 valence electrons. The molecule has 1 fully saturated rings. The molecule has 33 heavy (non-hydrogen) atoms. The summed E-state index contributed by atoms with van der Waals surface area (Å²) < 4.78 is 66.1. The number of piperidine rings is 1. The molecular weight excluding hydrogens is 469 g/mol. The highest BCUT2D eigenvalue weighted by molar-refractivity contribution is 7.89. The number of hydrogen-bond acceptors (Lipinski definition) is 5. The number of fused-ring (bicyclic) bond motifs is 1. The number of sulfonamides is 2. The van der Waals surface area contributed by atoms with Crippen LogP contribution >= 0.6 is 0 Å². The minimum absolute atomic E-state index is 0.0330. The second-order valence-electron chi connectivity index (χ2n) is 8.45. The molecule has 0 aromatic heterocycles. The molecule has 0 unspecified atom stereocenters. The molecule has 4 rings (SSSR count). The van der Waals surface area contributed by atoms with Gasteiger partial charge in [-0.2, -0.15) is 4.31 Å². The van der Waals surface area contributed by atoms with Gasteiger partial charge in [0.15, 0.2) is 0 Å². The van der Waals surface area contributed by atoms with E-state index in [1.165, 1.54) is 36.6 Å². The molecule has 2 aromatic carbocycles. The van der Waals surface area contributed by atoms with E-state index in [-0.39, 0.29) is 34.7 Å². The molecule has 0 bridgehead atoms. The average molecular weight is 496 g/mol. The maximum atomic E-state index is 13.2. The molecule has 0 saturated carbocycles. The molecule has 8 nitrogen and oxygen atoms in total. The maximum absolute atomic E-state index is 13.2. The van der Waals surface area contributed by atoms with Crippen LogP contribution in [0, 0.1) is 11.7 Å². The lowest BCUT2D eigenvalue weighted by atomic mass is 9.96. The van der Waals surface area contributed by atoms with Gasteiger partial charge >= 0.3 is 0 Å². The van der Waals surface area contributed by atoms with Crippen LogP contribution in [0.15, 0.2) is 52.3 Å². The Morgan fingerprint density at radius 2 is 1.55 bits per heavy atom. The summed E-state index contributed by atoms with van der Waals surface area (Å²) in [6.45, 7) is 0.876. The second-order valence-corrected chi connectivity index (χ2v) is 12.5. The highest BCUT2D eigenvalue weighted by Gasteiger charge is 2.36. The van der Waals surface area contributed by atoms with Crippen molar-refractivity contribution < 1.29 is 26.0 Å². The molecule has 1 saturated heterocycles. The normalized spacial score (nSPS) is 18.0. The van der Waals surface area contributed by atoms with Crippen LogP contribution in [0.4, 0.5) is 10.1 Å². The van der Waals surface area contributed by atoms with Crippen molar-refractivity contribution >= 4 is 31.6 Å². The smallest absolute Gasteiger partial charge is 0.243 e. The van der Waals surface area contributed by atoms with E-state index in [1.54, 1.807) is 17.0 Å². The van der Waals surface area contributed by atoms with E-state index in [4.69, 9.17) is 0 Å². The molecule has 0 aliphatic carbocycles. The first-order valence-corrected chi connectivity index (χ1v) is 13.5. The largest absolute Gasteiger partial charge is 0.312 e. The zero-order valence-electron chi connectivity index (χ0n) is 18.4. The fourth-order valence-corrected chi connectivity index (χ4v) is 6.72. The monoisotopic (exact) mass is 495 g/mol. The third-order valence-corrected chi connectivity index (χ3v) is 9.97. The summed E-state index contributed by atoms with van der Waals surface area (Å²) in [5.74, 6) is -0.896. The van der Waals surface area contributed by atoms with Gasteiger partial charge in [-0.05, 0) is 67.3 Å². The lowest BCUT2D eigenvalue weighted by Gasteiger charge is -2.32. The number of rotatable bonds is 5. The van der Waals surface area contributed by atoms with E-state index in [9.17, 15) is 26.0 Å².